The average molecular weight is 814 g/mol. The molecule has 4 bridgehead atoms. The largest absolute Gasteiger partial charge is 0.299 e. The third kappa shape index (κ3) is 8.68. The van der Waals surface area contributed by atoms with Gasteiger partial charge in [0.1, 0.15) is 0 Å². The van der Waals surface area contributed by atoms with Crippen LogP contribution in [0.1, 0.15) is 113 Å². The predicted molar refractivity (Wildman–Crippen MR) is 187 cm³/mol. The van der Waals surface area contributed by atoms with Crippen LogP contribution in [0.3, 0.4) is 0 Å². The van der Waals surface area contributed by atoms with Crippen molar-refractivity contribution in [3.8, 4) is 0 Å². The van der Waals surface area contributed by atoms with E-state index in [1.165, 1.54) is 22.5 Å². The van der Waals surface area contributed by atoms with Crippen LogP contribution in [0.5, 0.6) is 0 Å². The van der Waals surface area contributed by atoms with Gasteiger partial charge in [0.15, 0.2) is 35.9 Å². The van der Waals surface area contributed by atoms with E-state index in [9.17, 15) is 0 Å². The number of benzene rings is 2. The van der Waals surface area contributed by atoms with Gasteiger partial charge < -0.3 is 0 Å². The van der Waals surface area contributed by atoms with E-state index in [0.29, 0.717) is 36.0 Å². The molecule has 0 fully saturated rings. The summed E-state index contributed by atoms with van der Waals surface area (Å²) in [7, 11) is -9.89. The van der Waals surface area contributed by atoms with Gasteiger partial charge in [-0.2, -0.15) is 9.13 Å². The number of rotatable bonds is 6. The molecule has 2 aromatic heterocycles. The molecule has 0 radical (unpaired) electrons. The van der Waals surface area contributed by atoms with Gasteiger partial charge in [-0.3, -0.25) is 9.80 Å². The third-order valence-corrected chi connectivity index (χ3v) is 12.3. The van der Waals surface area contributed by atoms with Gasteiger partial charge in [-0.25, -0.2) is 37.3 Å². The van der Waals surface area contributed by atoms with Gasteiger partial charge >= 0.3 is 0 Å². The molecule has 4 aliphatic heterocycles. The van der Waals surface area contributed by atoms with Gasteiger partial charge in [-0.05, 0) is 37.3 Å². The van der Waals surface area contributed by atoms with Gasteiger partial charge in [0, 0.05) is 58.3 Å². The Morgan fingerprint density at radius 2 is 0.732 bits per heavy atom. The Labute approximate surface area is 335 Å². The lowest BCUT2D eigenvalue weighted by molar-refractivity contribution is -2.00. The standard InChI is InChI=1S/2C21H27N2.2ClHO4/c2*1-5-22(6-2)20-18-15-11-7-8-12-16(15)19(21(20,3)4)23-14-10-9-13-17(18)23;2*2-1(3,4)5/h2*7-14,18-20H,5-6H2,1-4H3;2*(H,2,3,4,5)/q2*+1;;/p-2. The second kappa shape index (κ2) is 17.0. The number of halogens is 2. The van der Waals surface area contributed by atoms with Crippen LogP contribution >= 0.6 is 0 Å². The number of aromatic nitrogens is 2. The van der Waals surface area contributed by atoms with Crippen LogP contribution < -0.4 is 46.4 Å². The molecule has 304 valence electrons. The highest BCUT2D eigenvalue weighted by Crippen LogP contribution is 2.57. The van der Waals surface area contributed by atoms with E-state index < -0.39 is 20.5 Å². The van der Waals surface area contributed by atoms with Gasteiger partial charge in [-0.15, -0.1) is 20.5 Å². The zero-order valence-electron chi connectivity index (χ0n) is 33.3. The second-order valence-corrected chi connectivity index (χ2v) is 17.3. The molecule has 12 nitrogen and oxygen atoms in total. The summed E-state index contributed by atoms with van der Waals surface area (Å²) in [5, 5.41) is 0. The van der Waals surface area contributed by atoms with E-state index in [1.54, 1.807) is 11.1 Å². The highest BCUT2D eigenvalue weighted by molar-refractivity contribution is 5.46. The molecule has 2 aliphatic carbocycles. The highest BCUT2D eigenvalue weighted by Gasteiger charge is 2.62. The molecule has 14 heteroatoms. The van der Waals surface area contributed by atoms with Crippen LogP contribution in [-0.2, 0) is 0 Å². The van der Waals surface area contributed by atoms with Crippen molar-refractivity contribution in [2.24, 2.45) is 10.8 Å². The Morgan fingerprint density at radius 1 is 0.464 bits per heavy atom. The zero-order valence-corrected chi connectivity index (χ0v) is 34.9. The summed E-state index contributed by atoms with van der Waals surface area (Å²) >= 11 is 0. The molecule has 4 aromatic rings. The van der Waals surface area contributed by atoms with Gasteiger partial charge in [0.25, 0.3) is 0 Å². The maximum Gasteiger partial charge on any atom is 0.191 e. The normalized spacial score (nSPS) is 24.2. The Morgan fingerprint density at radius 3 is 1.02 bits per heavy atom. The molecule has 6 heterocycles. The van der Waals surface area contributed by atoms with Crippen LogP contribution in [0.4, 0.5) is 0 Å². The Balaban J connectivity index is 0.000000173. The molecule has 0 spiro atoms. The van der Waals surface area contributed by atoms with Crippen LogP contribution in [-0.4, -0.2) is 48.1 Å². The maximum atomic E-state index is 8.49. The summed E-state index contributed by atoms with van der Waals surface area (Å²) < 4.78 is 73.0. The number of hydrogen-bond donors (Lipinski definition) is 0. The molecule has 56 heavy (non-hydrogen) atoms. The minimum absolute atomic E-state index is 0.212. The van der Waals surface area contributed by atoms with Crippen molar-refractivity contribution in [2.75, 3.05) is 26.2 Å². The fourth-order valence-electron chi connectivity index (χ4n) is 10.6. The molecule has 0 saturated carbocycles. The lowest BCUT2D eigenvalue weighted by atomic mass is 9.58. The van der Waals surface area contributed by atoms with E-state index in [2.05, 4.69) is 172 Å². The lowest BCUT2D eigenvalue weighted by Gasteiger charge is -2.54. The van der Waals surface area contributed by atoms with Gasteiger partial charge in [0.05, 0.1) is 11.8 Å². The van der Waals surface area contributed by atoms with Crippen molar-refractivity contribution in [1.29, 1.82) is 0 Å². The number of nitrogens with zero attached hydrogens (tertiary/aromatic N) is 4. The highest BCUT2D eigenvalue weighted by atomic mass is 35.7. The Bertz CT molecular complexity index is 1700. The minimum Gasteiger partial charge on any atom is -0.299 e. The molecule has 0 amide bonds. The van der Waals surface area contributed by atoms with E-state index in [4.69, 9.17) is 37.3 Å². The first kappa shape index (κ1) is 44.0. The molecule has 6 unspecified atom stereocenters. The van der Waals surface area contributed by atoms with Crippen LogP contribution in [0.2, 0.25) is 0 Å². The average Bonchev–Trinajstić information content (AvgIpc) is 3.12. The summed E-state index contributed by atoms with van der Waals surface area (Å²) in [5.41, 5.74) is 9.51. The molecule has 10 rings (SSSR count). The zero-order chi connectivity index (χ0) is 41.4. The molecular weight excluding hydrogens is 759 g/mol. The lowest BCUT2D eigenvalue weighted by Crippen LogP contribution is -2.68. The van der Waals surface area contributed by atoms with E-state index in [-0.39, 0.29) is 10.8 Å². The van der Waals surface area contributed by atoms with Gasteiger partial charge in [-0.1, -0.05) is 116 Å². The molecule has 2 aromatic carbocycles. The van der Waals surface area contributed by atoms with E-state index in [0.717, 1.165) is 26.2 Å². The monoisotopic (exact) mass is 812 g/mol. The fraction of sp³-hybridized carbons (Fsp3) is 0.476. The summed E-state index contributed by atoms with van der Waals surface area (Å²) in [6.07, 6.45) is 4.56. The van der Waals surface area contributed by atoms with E-state index in [1.807, 2.05) is 0 Å². The second-order valence-electron chi connectivity index (χ2n) is 15.8. The molecule has 6 atom stereocenters. The molecular formula is C42H54Cl2N4O8. The maximum absolute atomic E-state index is 8.49. The number of likely N-dealkylation sites (N-methyl/N-ethyl adjacent to an activating group) is 2. The molecule has 0 saturated heterocycles. The van der Waals surface area contributed by atoms with Crippen molar-refractivity contribution in [3.63, 3.8) is 0 Å². The quantitative estimate of drug-likeness (QED) is 0.197. The number of pyridine rings is 2. The molecule has 6 aliphatic rings. The summed E-state index contributed by atoms with van der Waals surface area (Å²) in [4.78, 5) is 5.34. The Hall–Kier alpha value is -3.08. The summed E-state index contributed by atoms with van der Waals surface area (Å²) in [5.74, 6) is 0.930. The van der Waals surface area contributed by atoms with Crippen molar-refractivity contribution >= 4 is 0 Å². The fourth-order valence-corrected chi connectivity index (χ4v) is 10.6. The SMILES string of the molecule is CCN(CC)C1C2c3ccccc3C([n+]3ccccc32)C1(C)C.CCN(CC)C1C2c3ccccc3C([n+]3ccccc32)C1(C)C.[O-][Cl+3]([O-])([O-])[O-].[O-][Cl+3]([O-])([O-])[O-]. The van der Waals surface area contributed by atoms with E-state index >= 15 is 0 Å². The number of hydrogen-bond acceptors (Lipinski definition) is 10. The molecule has 0 N–H and O–H groups in total. The van der Waals surface area contributed by atoms with Crippen LogP contribution in [0, 0.1) is 31.3 Å². The summed E-state index contributed by atoms with van der Waals surface area (Å²) in [6, 6.07) is 33.6. The van der Waals surface area contributed by atoms with Crippen LogP contribution in [0.15, 0.2) is 97.3 Å². The van der Waals surface area contributed by atoms with Crippen molar-refractivity contribution in [1.82, 2.24) is 9.80 Å². The summed E-state index contributed by atoms with van der Waals surface area (Å²) in [6.45, 7) is 23.5. The third-order valence-electron chi connectivity index (χ3n) is 12.3. The first-order valence-electron chi connectivity index (χ1n) is 19.1. The predicted octanol–water partition coefficient (Wildman–Crippen LogP) is -1.99. The van der Waals surface area contributed by atoms with Gasteiger partial charge in [0.2, 0.25) is 0 Å². The topological polar surface area (TPSA) is 199 Å². The van der Waals surface area contributed by atoms with Crippen molar-refractivity contribution in [3.05, 3.63) is 131 Å². The first-order valence-corrected chi connectivity index (χ1v) is 21.6. The number of fused-ring (bicyclic) bond motifs is 2. The van der Waals surface area contributed by atoms with Crippen LogP contribution in [0.25, 0.3) is 0 Å². The Kier molecular flexibility index (Phi) is 13.4. The smallest absolute Gasteiger partial charge is 0.191 e. The first-order chi connectivity index (χ1) is 26.2. The van der Waals surface area contributed by atoms with Crippen molar-refractivity contribution in [2.45, 2.75) is 91.4 Å². The van der Waals surface area contributed by atoms with Crippen molar-refractivity contribution < 1.29 is 66.9 Å². The minimum atomic E-state index is -4.94.